The Morgan fingerprint density at radius 1 is 1.33 bits per heavy atom. The van der Waals surface area contributed by atoms with Crippen molar-refractivity contribution in [1.82, 2.24) is 0 Å². The van der Waals surface area contributed by atoms with Crippen LogP contribution in [-0.4, -0.2) is 33.7 Å². The molecule has 0 saturated carbocycles. The number of halogens is 1. The first kappa shape index (κ1) is 18.1. The second kappa shape index (κ2) is 7.35. The van der Waals surface area contributed by atoms with Crippen LogP contribution in [0.1, 0.15) is 29.8 Å². The van der Waals surface area contributed by atoms with Gasteiger partial charge in [-0.1, -0.05) is 15.9 Å². The Balaban J connectivity index is 2.93. The molecule has 0 aliphatic carbocycles. The summed E-state index contributed by atoms with van der Waals surface area (Å²) in [7, 11) is -3.91. The predicted molar refractivity (Wildman–Crippen MR) is 81.6 cm³/mol. The highest BCUT2D eigenvalue weighted by molar-refractivity contribution is 9.10. The van der Waals surface area contributed by atoms with Gasteiger partial charge in [0.1, 0.15) is 6.61 Å². The Labute approximate surface area is 132 Å². The van der Waals surface area contributed by atoms with E-state index in [1.807, 2.05) is 13.8 Å². The van der Waals surface area contributed by atoms with E-state index in [0.29, 0.717) is 4.47 Å². The third-order valence-corrected chi connectivity index (χ3v) is 4.11. The van der Waals surface area contributed by atoms with Crippen LogP contribution in [0.25, 0.3) is 0 Å². The molecule has 0 saturated heterocycles. The number of hydrogen-bond acceptors (Lipinski definition) is 5. The lowest BCUT2D eigenvalue weighted by Crippen LogP contribution is -2.18. The number of primary sulfonamides is 1. The van der Waals surface area contributed by atoms with E-state index in [9.17, 15) is 13.2 Å². The molecule has 0 spiro atoms. The van der Waals surface area contributed by atoms with E-state index in [0.717, 1.165) is 0 Å². The SMILES string of the molecule is Cc1c(C(=O)OCCOC(C)C)cc(Br)cc1S(N)(=O)=O. The smallest absolute Gasteiger partial charge is 0.338 e. The Kier molecular flexibility index (Phi) is 6.33. The molecule has 8 heteroatoms. The van der Waals surface area contributed by atoms with Crippen molar-refractivity contribution in [2.45, 2.75) is 31.8 Å². The number of nitrogens with two attached hydrogens (primary N) is 1. The van der Waals surface area contributed by atoms with Crippen molar-refractivity contribution >= 4 is 31.9 Å². The van der Waals surface area contributed by atoms with E-state index in [4.69, 9.17) is 14.6 Å². The summed E-state index contributed by atoms with van der Waals surface area (Å²) in [6.45, 7) is 5.62. The third-order valence-electron chi connectivity index (χ3n) is 2.62. The molecular weight excluding hydrogens is 362 g/mol. The third kappa shape index (κ3) is 5.39. The molecule has 0 atom stereocenters. The van der Waals surface area contributed by atoms with E-state index in [-0.39, 0.29) is 35.3 Å². The van der Waals surface area contributed by atoms with Gasteiger partial charge in [0.05, 0.1) is 23.2 Å². The van der Waals surface area contributed by atoms with Crippen molar-refractivity contribution in [2.24, 2.45) is 5.14 Å². The second-order valence-electron chi connectivity index (χ2n) is 4.68. The lowest BCUT2D eigenvalue weighted by Gasteiger charge is -2.12. The highest BCUT2D eigenvalue weighted by Gasteiger charge is 2.20. The van der Waals surface area contributed by atoms with Gasteiger partial charge in [0.25, 0.3) is 0 Å². The van der Waals surface area contributed by atoms with Gasteiger partial charge in [0.15, 0.2) is 0 Å². The van der Waals surface area contributed by atoms with Crippen LogP contribution < -0.4 is 5.14 Å². The van der Waals surface area contributed by atoms with E-state index in [2.05, 4.69) is 15.9 Å². The highest BCUT2D eigenvalue weighted by Crippen LogP contribution is 2.24. The maximum atomic E-state index is 12.0. The highest BCUT2D eigenvalue weighted by atomic mass is 79.9. The van der Waals surface area contributed by atoms with Gasteiger partial charge < -0.3 is 9.47 Å². The molecule has 118 valence electrons. The van der Waals surface area contributed by atoms with Gasteiger partial charge in [-0.05, 0) is 38.5 Å². The lowest BCUT2D eigenvalue weighted by atomic mass is 10.1. The summed E-state index contributed by atoms with van der Waals surface area (Å²) in [6.07, 6.45) is 0.0466. The molecule has 0 bridgehead atoms. The van der Waals surface area contributed by atoms with Crippen LogP contribution in [0.15, 0.2) is 21.5 Å². The molecule has 0 aliphatic heterocycles. The molecule has 0 unspecified atom stereocenters. The number of hydrogen-bond donors (Lipinski definition) is 1. The molecule has 0 fully saturated rings. The van der Waals surface area contributed by atoms with Crippen molar-refractivity contribution in [3.8, 4) is 0 Å². The summed E-state index contributed by atoms with van der Waals surface area (Å²) < 4.78 is 33.8. The predicted octanol–water partition coefficient (Wildman–Crippen LogP) is 1.99. The summed E-state index contributed by atoms with van der Waals surface area (Å²) >= 11 is 3.16. The summed E-state index contributed by atoms with van der Waals surface area (Å²) in [6, 6.07) is 2.85. The van der Waals surface area contributed by atoms with Crippen molar-refractivity contribution in [2.75, 3.05) is 13.2 Å². The molecule has 21 heavy (non-hydrogen) atoms. The van der Waals surface area contributed by atoms with E-state index >= 15 is 0 Å². The van der Waals surface area contributed by atoms with Crippen LogP contribution in [0.2, 0.25) is 0 Å². The van der Waals surface area contributed by atoms with E-state index in [1.165, 1.54) is 19.1 Å². The maximum absolute atomic E-state index is 12.0. The molecule has 0 aromatic heterocycles. The summed E-state index contributed by atoms with van der Waals surface area (Å²) in [5, 5.41) is 5.13. The van der Waals surface area contributed by atoms with E-state index < -0.39 is 16.0 Å². The molecule has 0 aliphatic rings. The first-order valence-electron chi connectivity index (χ1n) is 6.24. The number of carbonyl (C=O) groups excluding carboxylic acids is 1. The van der Waals surface area contributed by atoms with Crippen molar-refractivity contribution in [3.63, 3.8) is 0 Å². The standard InChI is InChI=1S/C13H18BrNO5S/c1-8(2)19-4-5-20-13(16)11-6-10(14)7-12(9(11)3)21(15,17)18/h6-8H,4-5H2,1-3H3,(H2,15,17,18). The Hall–Kier alpha value is -0.960. The molecule has 1 aromatic carbocycles. The van der Waals surface area contributed by atoms with Gasteiger partial charge in [-0.15, -0.1) is 0 Å². The van der Waals surface area contributed by atoms with Gasteiger partial charge in [-0.2, -0.15) is 0 Å². The van der Waals surface area contributed by atoms with Crippen molar-refractivity contribution in [3.05, 3.63) is 27.7 Å². The van der Waals surface area contributed by atoms with Crippen LogP contribution >= 0.6 is 15.9 Å². The van der Waals surface area contributed by atoms with Crippen LogP contribution in [0, 0.1) is 6.92 Å². The number of sulfonamides is 1. The van der Waals surface area contributed by atoms with Crippen LogP contribution in [0.4, 0.5) is 0 Å². The van der Waals surface area contributed by atoms with Gasteiger partial charge in [-0.25, -0.2) is 18.4 Å². The molecule has 0 heterocycles. The van der Waals surface area contributed by atoms with Gasteiger partial charge >= 0.3 is 5.97 Å². The number of benzene rings is 1. The molecule has 1 aromatic rings. The first-order chi connectivity index (χ1) is 9.62. The molecule has 1 rings (SSSR count). The van der Waals surface area contributed by atoms with E-state index in [1.54, 1.807) is 0 Å². The zero-order valence-corrected chi connectivity index (χ0v) is 14.5. The Morgan fingerprint density at radius 3 is 2.48 bits per heavy atom. The van der Waals surface area contributed by atoms with Crippen LogP contribution in [0.3, 0.4) is 0 Å². The fourth-order valence-electron chi connectivity index (χ4n) is 1.66. The average Bonchev–Trinajstić information content (AvgIpc) is 2.35. The number of rotatable bonds is 6. The zero-order valence-electron chi connectivity index (χ0n) is 12.1. The minimum absolute atomic E-state index is 0.0466. The molecule has 6 nitrogen and oxygen atoms in total. The van der Waals surface area contributed by atoms with Crippen molar-refractivity contribution < 1.29 is 22.7 Å². The summed E-state index contributed by atoms with van der Waals surface area (Å²) in [5.41, 5.74) is 0.411. The minimum atomic E-state index is -3.91. The average molecular weight is 380 g/mol. The molecule has 0 amide bonds. The summed E-state index contributed by atoms with van der Waals surface area (Å²) in [4.78, 5) is 11.9. The maximum Gasteiger partial charge on any atom is 0.338 e. The second-order valence-corrected chi connectivity index (χ2v) is 7.12. The Morgan fingerprint density at radius 2 is 1.95 bits per heavy atom. The summed E-state index contributed by atoms with van der Waals surface area (Å²) in [5.74, 6) is -0.619. The Bertz CT molecular complexity index is 628. The van der Waals surface area contributed by atoms with Crippen LogP contribution in [-0.2, 0) is 19.5 Å². The lowest BCUT2D eigenvalue weighted by molar-refractivity contribution is 0.0176. The van der Waals surface area contributed by atoms with Gasteiger partial charge in [-0.3, -0.25) is 0 Å². The van der Waals surface area contributed by atoms with Crippen molar-refractivity contribution in [1.29, 1.82) is 0 Å². The van der Waals surface area contributed by atoms with Crippen LogP contribution in [0.5, 0.6) is 0 Å². The number of ether oxygens (including phenoxy) is 2. The monoisotopic (exact) mass is 379 g/mol. The zero-order chi connectivity index (χ0) is 16.2. The fourth-order valence-corrected chi connectivity index (χ4v) is 3.09. The first-order valence-corrected chi connectivity index (χ1v) is 8.58. The normalized spacial score (nSPS) is 11.7. The van der Waals surface area contributed by atoms with Gasteiger partial charge in [0, 0.05) is 4.47 Å². The van der Waals surface area contributed by atoms with Gasteiger partial charge in [0.2, 0.25) is 10.0 Å². The molecule has 2 N–H and O–H groups in total. The molecular formula is C13H18BrNO5S. The molecule has 0 radical (unpaired) electrons. The quantitative estimate of drug-likeness (QED) is 0.602. The fraction of sp³-hybridized carbons (Fsp3) is 0.462. The number of carbonyl (C=O) groups is 1. The minimum Gasteiger partial charge on any atom is -0.460 e. The largest absolute Gasteiger partial charge is 0.460 e. The topological polar surface area (TPSA) is 95.7 Å². The number of esters is 1.